The molecule has 4 nitrogen and oxygen atoms in total. The summed E-state index contributed by atoms with van der Waals surface area (Å²) in [6.45, 7) is 0.340. The number of halogens is 2. The van der Waals surface area contributed by atoms with E-state index in [9.17, 15) is 5.11 Å². The molecule has 0 spiro atoms. The van der Waals surface area contributed by atoms with Gasteiger partial charge in [0.15, 0.2) is 0 Å². The van der Waals surface area contributed by atoms with Gasteiger partial charge in [-0.25, -0.2) is 0 Å². The molecule has 0 amide bonds. The van der Waals surface area contributed by atoms with Crippen molar-refractivity contribution in [2.75, 3.05) is 11.9 Å². The summed E-state index contributed by atoms with van der Waals surface area (Å²) in [7, 11) is 0. The molecule has 108 valence electrons. The average molecular weight is 385 g/mol. The smallest absolute Gasteiger partial charge is 0.129 e. The number of aliphatic hydroxyl groups is 1. The van der Waals surface area contributed by atoms with Gasteiger partial charge in [-0.1, -0.05) is 39.7 Å². The van der Waals surface area contributed by atoms with Gasteiger partial charge in [0, 0.05) is 11.0 Å². The summed E-state index contributed by atoms with van der Waals surface area (Å²) < 4.78 is 9.35. The number of aliphatic hydroxyl groups excluding tert-OH is 1. The minimum absolute atomic E-state index is 0.340. The predicted octanol–water partition coefficient (Wildman–Crippen LogP) is 4.25. The third kappa shape index (κ3) is 3.18. The minimum atomic E-state index is -0.639. The number of anilines is 1. The molecule has 1 aromatic heterocycles. The van der Waals surface area contributed by atoms with Crippen LogP contribution in [0.2, 0.25) is 5.02 Å². The maximum absolute atomic E-state index is 10.3. The topological polar surface area (TPSA) is 58.0 Å². The molecule has 0 aliphatic carbocycles. The standard InChI is InChI=1S/C14H11BrClN3OS/c15-9-3-1-2-8(6-9)12(20)7-17-13-10(16)4-5-11-14(13)19-21-18-11/h1-6,12,17,20H,7H2. The van der Waals surface area contributed by atoms with Crippen LogP contribution < -0.4 is 5.32 Å². The van der Waals surface area contributed by atoms with Crippen molar-refractivity contribution in [1.82, 2.24) is 8.75 Å². The van der Waals surface area contributed by atoms with E-state index in [0.29, 0.717) is 17.3 Å². The SMILES string of the molecule is OC(CNc1c(Cl)ccc2nsnc12)c1cccc(Br)c1. The highest BCUT2D eigenvalue weighted by molar-refractivity contribution is 9.10. The van der Waals surface area contributed by atoms with E-state index in [0.717, 1.165) is 32.8 Å². The Morgan fingerprint density at radius 2 is 2.14 bits per heavy atom. The number of hydrogen-bond donors (Lipinski definition) is 2. The summed E-state index contributed by atoms with van der Waals surface area (Å²) in [5.74, 6) is 0. The lowest BCUT2D eigenvalue weighted by Crippen LogP contribution is -2.12. The molecule has 0 fully saturated rings. The van der Waals surface area contributed by atoms with Gasteiger partial charge < -0.3 is 10.4 Å². The first-order chi connectivity index (χ1) is 10.1. The molecule has 1 atom stereocenters. The van der Waals surface area contributed by atoms with Crippen LogP contribution >= 0.6 is 39.3 Å². The van der Waals surface area contributed by atoms with Gasteiger partial charge in [-0.2, -0.15) is 8.75 Å². The predicted molar refractivity (Wildman–Crippen MR) is 90.0 cm³/mol. The van der Waals surface area contributed by atoms with E-state index in [2.05, 4.69) is 30.0 Å². The fraction of sp³-hybridized carbons (Fsp3) is 0.143. The van der Waals surface area contributed by atoms with Gasteiger partial charge in [0.2, 0.25) is 0 Å². The second-order valence-electron chi connectivity index (χ2n) is 4.51. The van der Waals surface area contributed by atoms with Crippen LogP contribution in [0.15, 0.2) is 40.9 Å². The van der Waals surface area contributed by atoms with Crippen molar-refractivity contribution in [3.8, 4) is 0 Å². The van der Waals surface area contributed by atoms with E-state index in [1.807, 2.05) is 30.3 Å². The molecule has 1 heterocycles. The van der Waals surface area contributed by atoms with Crippen LogP contribution in [0.4, 0.5) is 5.69 Å². The second-order valence-corrected chi connectivity index (χ2v) is 6.36. The number of benzene rings is 2. The molecule has 1 unspecified atom stereocenters. The van der Waals surface area contributed by atoms with Crippen LogP contribution in [-0.2, 0) is 0 Å². The third-order valence-electron chi connectivity index (χ3n) is 3.08. The molecule has 0 aliphatic rings. The molecule has 0 saturated carbocycles. The lowest BCUT2D eigenvalue weighted by molar-refractivity contribution is 0.191. The monoisotopic (exact) mass is 383 g/mol. The van der Waals surface area contributed by atoms with Crippen molar-refractivity contribution < 1.29 is 5.11 Å². The minimum Gasteiger partial charge on any atom is -0.387 e. The molecular formula is C14H11BrClN3OS. The summed E-state index contributed by atoms with van der Waals surface area (Å²) in [5.41, 5.74) is 3.06. The molecule has 2 N–H and O–H groups in total. The molecule has 0 radical (unpaired) electrons. The zero-order valence-corrected chi connectivity index (χ0v) is 13.9. The Morgan fingerprint density at radius 3 is 2.95 bits per heavy atom. The van der Waals surface area contributed by atoms with Gasteiger partial charge in [0.05, 0.1) is 28.5 Å². The maximum Gasteiger partial charge on any atom is 0.129 e. The summed E-state index contributed by atoms with van der Waals surface area (Å²) >= 11 is 10.7. The lowest BCUT2D eigenvalue weighted by Gasteiger charge is -2.14. The van der Waals surface area contributed by atoms with Crippen molar-refractivity contribution in [3.63, 3.8) is 0 Å². The van der Waals surface area contributed by atoms with Crippen molar-refractivity contribution in [3.05, 3.63) is 51.5 Å². The van der Waals surface area contributed by atoms with Gasteiger partial charge in [-0.15, -0.1) is 0 Å². The Labute approximate surface area is 139 Å². The summed E-state index contributed by atoms with van der Waals surface area (Å²) in [4.78, 5) is 0. The number of fused-ring (bicyclic) bond motifs is 1. The number of nitrogens with one attached hydrogen (secondary N) is 1. The maximum atomic E-state index is 10.3. The lowest BCUT2D eigenvalue weighted by atomic mass is 10.1. The summed E-state index contributed by atoms with van der Waals surface area (Å²) in [5, 5.41) is 14.0. The zero-order chi connectivity index (χ0) is 14.8. The second kappa shape index (κ2) is 6.27. The molecule has 0 bridgehead atoms. The highest BCUT2D eigenvalue weighted by atomic mass is 79.9. The number of aromatic nitrogens is 2. The van der Waals surface area contributed by atoms with E-state index in [1.54, 1.807) is 6.07 Å². The van der Waals surface area contributed by atoms with Crippen LogP contribution in [0.25, 0.3) is 11.0 Å². The first-order valence-electron chi connectivity index (χ1n) is 6.23. The molecular weight excluding hydrogens is 374 g/mol. The first-order valence-corrected chi connectivity index (χ1v) is 8.13. The van der Waals surface area contributed by atoms with Crippen molar-refractivity contribution in [2.45, 2.75) is 6.10 Å². The molecule has 0 saturated heterocycles. The van der Waals surface area contributed by atoms with Crippen LogP contribution in [0.5, 0.6) is 0 Å². The molecule has 2 aromatic carbocycles. The van der Waals surface area contributed by atoms with Crippen LogP contribution in [-0.4, -0.2) is 20.4 Å². The third-order valence-corrected chi connectivity index (χ3v) is 4.43. The highest BCUT2D eigenvalue weighted by Crippen LogP contribution is 2.30. The fourth-order valence-corrected chi connectivity index (χ4v) is 3.20. The number of hydrogen-bond acceptors (Lipinski definition) is 5. The van der Waals surface area contributed by atoms with E-state index in [4.69, 9.17) is 11.6 Å². The fourth-order valence-electron chi connectivity index (χ4n) is 2.03. The normalized spacial score (nSPS) is 12.5. The Kier molecular flexibility index (Phi) is 4.40. The summed E-state index contributed by atoms with van der Waals surface area (Å²) in [6.07, 6.45) is -0.639. The number of nitrogens with zero attached hydrogens (tertiary/aromatic N) is 2. The highest BCUT2D eigenvalue weighted by Gasteiger charge is 2.13. The number of rotatable bonds is 4. The first kappa shape index (κ1) is 14.7. The van der Waals surface area contributed by atoms with Gasteiger partial charge in [-0.05, 0) is 29.8 Å². The Bertz CT molecular complexity index is 780. The van der Waals surface area contributed by atoms with Gasteiger partial charge in [0.25, 0.3) is 0 Å². The van der Waals surface area contributed by atoms with Crippen LogP contribution in [0, 0.1) is 0 Å². The molecule has 0 aliphatic heterocycles. The quantitative estimate of drug-likeness (QED) is 0.706. The van der Waals surface area contributed by atoms with Crippen molar-refractivity contribution in [2.24, 2.45) is 0 Å². The Morgan fingerprint density at radius 1 is 1.29 bits per heavy atom. The van der Waals surface area contributed by atoms with Crippen molar-refractivity contribution >= 4 is 56.0 Å². The van der Waals surface area contributed by atoms with E-state index >= 15 is 0 Å². The van der Waals surface area contributed by atoms with Crippen molar-refractivity contribution in [1.29, 1.82) is 0 Å². The van der Waals surface area contributed by atoms with Gasteiger partial charge in [-0.3, -0.25) is 0 Å². The molecule has 21 heavy (non-hydrogen) atoms. The van der Waals surface area contributed by atoms with Crippen LogP contribution in [0.3, 0.4) is 0 Å². The largest absolute Gasteiger partial charge is 0.387 e. The van der Waals surface area contributed by atoms with E-state index < -0.39 is 6.10 Å². The summed E-state index contributed by atoms with van der Waals surface area (Å²) in [6, 6.07) is 11.2. The van der Waals surface area contributed by atoms with E-state index in [1.165, 1.54) is 0 Å². The average Bonchev–Trinajstić information content (AvgIpc) is 2.94. The van der Waals surface area contributed by atoms with E-state index in [-0.39, 0.29) is 0 Å². The van der Waals surface area contributed by atoms with Crippen LogP contribution in [0.1, 0.15) is 11.7 Å². The van der Waals surface area contributed by atoms with Gasteiger partial charge in [0.1, 0.15) is 11.0 Å². The zero-order valence-electron chi connectivity index (χ0n) is 10.8. The Balaban J connectivity index is 1.80. The van der Waals surface area contributed by atoms with Gasteiger partial charge >= 0.3 is 0 Å². The molecule has 3 aromatic rings. The Hall–Kier alpha value is -1.21. The molecule has 3 rings (SSSR count). The molecule has 7 heteroatoms.